The SMILES string of the molecule is Cc1noc(-c2ccccc2)c1N=O. The van der Waals surface area contributed by atoms with Crippen LogP contribution in [0.15, 0.2) is 40.0 Å². The van der Waals surface area contributed by atoms with Gasteiger partial charge >= 0.3 is 0 Å². The summed E-state index contributed by atoms with van der Waals surface area (Å²) in [7, 11) is 0. The maximum absolute atomic E-state index is 10.5. The Morgan fingerprint density at radius 1 is 1.29 bits per heavy atom. The zero-order valence-electron chi connectivity index (χ0n) is 7.60. The summed E-state index contributed by atoms with van der Waals surface area (Å²) in [6.45, 7) is 1.69. The van der Waals surface area contributed by atoms with Gasteiger partial charge in [-0.25, -0.2) is 0 Å². The molecule has 2 aromatic rings. The average Bonchev–Trinajstić information content (AvgIpc) is 2.61. The highest BCUT2D eigenvalue weighted by molar-refractivity contribution is 5.71. The normalized spacial score (nSPS) is 10.1. The third-order valence-corrected chi connectivity index (χ3v) is 1.96. The third kappa shape index (κ3) is 1.31. The Labute approximate surface area is 80.5 Å². The van der Waals surface area contributed by atoms with Gasteiger partial charge in [-0.1, -0.05) is 35.5 Å². The van der Waals surface area contributed by atoms with Crippen LogP contribution in [0, 0.1) is 11.8 Å². The molecule has 70 valence electrons. The first-order valence-corrected chi connectivity index (χ1v) is 4.18. The number of benzene rings is 1. The van der Waals surface area contributed by atoms with E-state index < -0.39 is 0 Å². The summed E-state index contributed by atoms with van der Waals surface area (Å²) in [5.41, 5.74) is 1.60. The second kappa shape index (κ2) is 3.41. The fourth-order valence-electron chi connectivity index (χ4n) is 1.25. The van der Waals surface area contributed by atoms with E-state index in [0.29, 0.717) is 11.5 Å². The van der Waals surface area contributed by atoms with Crippen LogP contribution >= 0.6 is 0 Å². The summed E-state index contributed by atoms with van der Waals surface area (Å²) in [4.78, 5) is 10.5. The van der Waals surface area contributed by atoms with Crippen molar-refractivity contribution in [3.8, 4) is 11.3 Å². The molecule has 0 aliphatic carbocycles. The zero-order chi connectivity index (χ0) is 9.97. The molecule has 2 rings (SSSR count). The van der Waals surface area contributed by atoms with Crippen LogP contribution in [0.5, 0.6) is 0 Å². The van der Waals surface area contributed by atoms with Crippen LogP contribution < -0.4 is 0 Å². The maximum Gasteiger partial charge on any atom is 0.196 e. The largest absolute Gasteiger partial charge is 0.354 e. The van der Waals surface area contributed by atoms with Crippen molar-refractivity contribution in [1.82, 2.24) is 5.16 Å². The quantitative estimate of drug-likeness (QED) is 0.680. The van der Waals surface area contributed by atoms with Crippen molar-refractivity contribution in [3.05, 3.63) is 40.9 Å². The highest BCUT2D eigenvalue weighted by atomic mass is 16.5. The Bertz CT molecular complexity index is 448. The monoisotopic (exact) mass is 188 g/mol. The molecule has 0 bridgehead atoms. The molecule has 1 aromatic carbocycles. The Hall–Kier alpha value is -1.97. The van der Waals surface area contributed by atoms with Gasteiger partial charge in [-0.2, -0.15) is 0 Å². The summed E-state index contributed by atoms with van der Waals surface area (Å²) >= 11 is 0. The summed E-state index contributed by atoms with van der Waals surface area (Å²) in [6, 6.07) is 9.30. The molecular formula is C10H8N2O2. The number of aromatic nitrogens is 1. The molecule has 1 aromatic heterocycles. The molecule has 0 atom stereocenters. The molecule has 0 saturated carbocycles. The van der Waals surface area contributed by atoms with Crippen LogP contribution in [-0.4, -0.2) is 5.16 Å². The molecule has 0 fully saturated rings. The topological polar surface area (TPSA) is 55.5 Å². The van der Waals surface area contributed by atoms with E-state index in [2.05, 4.69) is 10.3 Å². The smallest absolute Gasteiger partial charge is 0.196 e. The number of hydrogen-bond donors (Lipinski definition) is 0. The first kappa shape index (κ1) is 8.62. The van der Waals surface area contributed by atoms with Crippen molar-refractivity contribution in [2.75, 3.05) is 0 Å². The van der Waals surface area contributed by atoms with Crippen LogP contribution in [0.1, 0.15) is 5.69 Å². The lowest BCUT2D eigenvalue weighted by Crippen LogP contribution is -1.73. The predicted molar refractivity (Wildman–Crippen MR) is 52.1 cm³/mol. The maximum atomic E-state index is 10.5. The van der Waals surface area contributed by atoms with Gasteiger partial charge in [-0.05, 0) is 12.1 Å². The molecule has 4 heteroatoms. The Kier molecular flexibility index (Phi) is 2.10. The number of rotatable bonds is 2. The molecule has 0 radical (unpaired) electrons. The lowest BCUT2D eigenvalue weighted by Gasteiger charge is -1.93. The second-order valence-electron chi connectivity index (χ2n) is 2.90. The van der Waals surface area contributed by atoms with Crippen molar-refractivity contribution >= 4 is 5.69 Å². The second-order valence-corrected chi connectivity index (χ2v) is 2.90. The van der Waals surface area contributed by atoms with Crippen molar-refractivity contribution < 1.29 is 4.52 Å². The number of aryl methyl sites for hydroxylation is 1. The summed E-state index contributed by atoms with van der Waals surface area (Å²) in [5.74, 6) is 0.429. The van der Waals surface area contributed by atoms with E-state index in [1.807, 2.05) is 30.3 Å². The molecule has 0 spiro atoms. The first-order chi connectivity index (χ1) is 6.83. The molecule has 0 N–H and O–H groups in total. The zero-order valence-corrected chi connectivity index (χ0v) is 7.60. The van der Waals surface area contributed by atoms with E-state index in [1.54, 1.807) is 6.92 Å². The van der Waals surface area contributed by atoms with Crippen molar-refractivity contribution in [2.45, 2.75) is 6.92 Å². The minimum Gasteiger partial charge on any atom is -0.354 e. The third-order valence-electron chi connectivity index (χ3n) is 1.96. The van der Waals surface area contributed by atoms with Crippen molar-refractivity contribution in [2.24, 2.45) is 5.18 Å². The minimum atomic E-state index is 0.274. The summed E-state index contributed by atoms with van der Waals surface area (Å²) < 4.78 is 5.03. The average molecular weight is 188 g/mol. The van der Waals surface area contributed by atoms with E-state index >= 15 is 0 Å². The van der Waals surface area contributed by atoms with Crippen LogP contribution in [0.25, 0.3) is 11.3 Å². The fourth-order valence-corrected chi connectivity index (χ4v) is 1.25. The van der Waals surface area contributed by atoms with Gasteiger partial charge < -0.3 is 4.52 Å². The molecule has 0 aliphatic rings. The van der Waals surface area contributed by atoms with Crippen molar-refractivity contribution in [1.29, 1.82) is 0 Å². The van der Waals surface area contributed by atoms with Crippen LogP contribution in [0.3, 0.4) is 0 Å². The van der Waals surface area contributed by atoms with Crippen LogP contribution in [0.4, 0.5) is 5.69 Å². The Morgan fingerprint density at radius 3 is 2.64 bits per heavy atom. The standard InChI is InChI=1S/C10H8N2O2/c1-7-9(11-13)10(14-12-7)8-5-3-2-4-6-8/h2-6H,1H3. The van der Waals surface area contributed by atoms with Gasteiger partial charge in [0.15, 0.2) is 11.4 Å². The number of nitroso groups, excluding NO2 is 1. The van der Waals surface area contributed by atoms with Gasteiger partial charge in [0.25, 0.3) is 0 Å². The molecule has 0 amide bonds. The summed E-state index contributed by atoms with van der Waals surface area (Å²) in [6.07, 6.45) is 0. The van der Waals surface area contributed by atoms with Gasteiger partial charge in [-0.3, -0.25) is 0 Å². The van der Waals surface area contributed by atoms with Gasteiger partial charge in [0.2, 0.25) is 0 Å². The van der Waals surface area contributed by atoms with Crippen molar-refractivity contribution in [3.63, 3.8) is 0 Å². The number of nitrogens with zero attached hydrogens (tertiary/aromatic N) is 2. The lowest BCUT2D eigenvalue weighted by atomic mass is 10.1. The van der Waals surface area contributed by atoms with E-state index in [4.69, 9.17) is 4.52 Å². The van der Waals surface area contributed by atoms with E-state index in [0.717, 1.165) is 5.56 Å². The number of hydrogen-bond acceptors (Lipinski definition) is 4. The Balaban J connectivity index is 2.57. The van der Waals surface area contributed by atoms with E-state index in [-0.39, 0.29) is 5.69 Å². The Morgan fingerprint density at radius 2 is 2.00 bits per heavy atom. The summed E-state index contributed by atoms with van der Waals surface area (Å²) in [5, 5.41) is 6.60. The predicted octanol–water partition coefficient (Wildman–Crippen LogP) is 3.05. The van der Waals surface area contributed by atoms with Gasteiger partial charge in [0.1, 0.15) is 5.69 Å². The van der Waals surface area contributed by atoms with E-state index in [9.17, 15) is 4.91 Å². The highest BCUT2D eigenvalue weighted by Gasteiger charge is 2.14. The van der Waals surface area contributed by atoms with Gasteiger partial charge in [0, 0.05) is 5.56 Å². The van der Waals surface area contributed by atoms with Gasteiger partial charge in [-0.15, -0.1) is 4.91 Å². The van der Waals surface area contributed by atoms with Gasteiger partial charge in [0.05, 0.1) is 0 Å². The molecular weight excluding hydrogens is 180 g/mol. The minimum absolute atomic E-state index is 0.274. The molecule has 0 unspecified atom stereocenters. The first-order valence-electron chi connectivity index (χ1n) is 4.18. The molecule has 0 saturated heterocycles. The lowest BCUT2D eigenvalue weighted by molar-refractivity contribution is 0.427. The molecule has 14 heavy (non-hydrogen) atoms. The fraction of sp³-hybridized carbons (Fsp3) is 0.100. The molecule has 4 nitrogen and oxygen atoms in total. The van der Waals surface area contributed by atoms with Crippen LogP contribution in [-0.2, 0) is 0 Å². The van der Waals surface area contributed by atoms with Crippen LogP contribution in [0.2, 0.25) is 0 Å². The molecule has 1 heterocycles. The van der Waals surface area contributed by atoms with E-state index in [1.165, 1.54) is 0 Å². The molecule has 0 aliphatic heterocycles. The highest BCUT2D eigenvalue weighted by Crippen LogP contribution is 2.32.